The summed E-state index contributed by atoms with van der Waals surface area (Å²) in [5, 5.41) is 11.8. The molecule has 1 aliphatic heterocycles. The summed E-state index contributed by atoms with van der Waals surface area (Å²) in [4.78, 5) is 26.2. The van der Waals surface area contributed by atoms with Crippen molar-refractivity contribution < 1.29 is 19.1 Å². The number of aliphatic carboxylic acids is 1. The van der Waals surface area contributed by atoms with E-state index in [4.69, 9.17) is 5.11 Å². The first-order valence-electron chi connectivity index (χ1n) is 7.62. The number of rotatable bonds is 5. The van der Waals surface area contributed by atoms with Crippen LogP contribution in [0.5, 0.6) is 0 Å². The van der Waals surface area contributed by atoms with Crippen molar-refractivity contribution in [2.75, 3.05) is 31.6 Å². The standard InChI is InChI=1S/C16H22FN3O3/c1-11(15(21)22)9-19(2)16(23)18-12-7-8-20(10-12)14-6-4-3-5-13(14)17/h3-6,11-12H,7-10H2,1-2H3,(H,18,23)(H,21,22). The Labute approximate surface area is 134 Å². The number of hydrogen-bond acceptors (Lipinski definition) is 3. The Morgan fingerprint density at radius 2 is 2.17 bits per heavy atom. The molecule has 0 aliphatic carbocycles. The quantitative estimate of drug-likeness (QED) is 0.866. The van der Waals surface area contributed by atoms with Gasteiger partial charge in [0.05, 0.1) is 11.6 Å². The number of amides is 2. The third-order valence-electron chi connectivity index (χ3n) is 4.02. The first-order valence-corrected chi connectivity index (χ1v) is 7.62. The topological polar surface area (TPSA) is 72.9 Å². The molecule has 126 valence electrons. The van der Waals surface area contributed by atoms with Gasteiger partial charge < -0.3 is 20.2 Å². The number of benzene rings is 1. The van der Waals surface area contributed by atoms with Crippen LogP contribution in [0.2, 0.25) is 0 Å². The van der Waals surface area contributed by atoms with Crippen LogP contribution in [0.4, 0.5) is 14.9 Å². The van der Waals surface area contributed by atoms with E-state index in [9.17, 15) is 14.0 Å². The van der Waals surface area contributed by atoms with Gasteiger partial charge in [0.25, 0.3) is 0 Å². The third-order valence-corrected chi connectivity index (χ3v) is 4.02. The predicted molar refractivity (Wildman–Crippen MR) is 85.0 cm³/mol. The van der Waals surface area contributed by atoms with Gasteiger partial charge in [0, 0.05) is 32.7 Å². The number of urea groups is 1. The summed E-state index contributed by atoms with van der Waals surface area (Å²) in [5.41, 5.74) is 0.539. The molecule has 2 amide bonds. The van der Waals surface area contributed by atoms with Crippen molar-refractivity contribution in [3.05, 3.63) is 30.1 Å². The molecule has 1 saturated heterocycles. The summed E-state index contributed by atoms with van der Waals surface area (Å²) in [7, 11) is 1.57. The fourth-order valence-corrected chi connectivity index (χ4v) is 2.66. The highest BCUT2D eigenvalue weighted by Crippen LogP contribution is 2.23. The maximum atomic E-state index is 13.8. The van der Waals surface area contributed by atoms with Crippen LogP contribution in [0.1, 0.15) is 13.3 Å². The fourth-order valence-electron chi connectivity index (χ4n) is 2.66. The number of nitrogens with zero attached hydrogens (tertiary/aromatic N) is 2. The van der Waals surface area contributed by atoms with Gasteiger partial charge in [-0.05, 0) is 18.6 Å². The molecule has 6 nitrogen and oxygen atoms in total. The lowest BCUT2D eigenvalue weighted by Crippen LogP contribution is -2.46. The third kappa shape index (κ3) is 4.34. The van der Waals surface area contributed by atoms with Crippen molar-refractivity contribution in [1.29, 1.82) is 0 Å². The fraction of sp³-hybridized carbons (Fsp3) is 0.500. The van der Waals surface area contributed by atoms with Crippen LogP contribution < -0.4 is 10.2 Å². The van der Waals surface area contributed by atoms with Crippen LogP contribution in [0.25, 0.3) is 0 Å². The Hall–Kier alpha value is -2.31. The Morgan fingerprint density at radius 1 is 1.48 bits per heavy atom. The monoisotopic (exact) mass is 323 g/mol. The second-order valence-corrected chi connectivity index (χ2v) is 5.95. The van der Waals surface area contributed by atoms with Gasteiger partial charge in [-0.1, -0.05) is 19.1 Å². The molecule has 2 N–H and O–H groups in total. The molecule has 0 spiro atoms. The molecule has 0 radical (unpaired) electrons. The SMILES string of the molecule is CC(CN(C)C(=O)NC1CCN(c2ccccc2F)C1)C(=O)O. The van der Waals surface area contributed by atoms with Crippen molar-refractivity contribution in [3.63, 3.8) is 0 Å². The molecule has 2 unspecified atom stereocenters. The largest absolute Gasteiger partial charge is 0.481 e. The minimum Gasteiger partial charge on any atom is -0.481 e. The highest BCUT2D eigenvalue weighted by atomic mass is 19.1. The molecular weight excluding hydrogens is 301 g/mol. The molecule has 7 heteroatoms. The van der Waals surface area contributed by atoms with Gasteiger partial charge in [0.15, 0.2) is 0 Å². The normalized spacial score (nSPS) is 18.6. The van der Waals surface area contributed by atoms with E-state index < -0.39 is 11.9 Å². The molecule has 1 heterocycles. The van der Waals surface area contributed by atoms with Crippen LogP contribution in [0.3, 0.4) is 0 Å². The van der Waals surface area contributed by atoms with Crippen molar-refractivity contribution in [2.45, 2.75) is 19.4 Å². The summed E-state index contributed by atoms with van der Waals surface area (Å²) < 4.78 is 13.8. The first-order chi connectivity index (χ1) is 10.9. The highest BCUT2D eigenvalue weighted by molar-refractivity contribution is 5.76. The maximum Gasteiger partial charge on any atom is 0.317 e. The van der Waals surface area contributed by atoms with E-state index >= 15 is 0 Å². The van der Waals surface area contributed by atoms with Crippen LogP contribution >= 0.6 is 0 Å². The molecule has 23 heavy (non-hydrogen) atoms. The first kappa shape index (κ1) is 17.1. The Morgan fingerprint density at radius 3 is 2.83 bits per heavy atom. The zero-order chi connectivity index (χ0) is 17.0. The zero-order valence-corrected chi connectivity index (χ0v) is 13.3. The number of carboxylic acids is 1. The average molecular weight is 323 g/mol. The minimum absolute atomic E-state index is 0.0790. The molecule has 0 saturated carbocycles. The smallest absolute Gasteiger partial charge is 0.317 e. The number of carboxylic acid groups (broad SMARTS) is 1. The van der Waals surface area contributed by atoms with Crippen LogP contribution in [-0.2, 0) is 4.79 Å². The number of halogens is 1. The maximum absolute atomic E-state index is 13.8. The molecule has 0 aromatic heterocycles. The molecule has 1 aromatic rings. The summed E-state index contributed by atoms with van der Waals surface area (Å²) in [5.74, 6) is -1.83. The Bertz CT molecular complexity index is 581. The summed E-state index contributed by atoms with van der Waals surface area (Å²) in [6.07, 6.45) is 0.725. The molecule has 1 fully saturated rings. The van der Waals surface area contributed by atoms with Crippen molar-refractivity contribution in [2.24, 2.45) is 5.92 Å². The number of para-hydroxylation sites is 1. The molecular formula is C16H22FN3O3. The van der Waals surface area contributed by atoms with Gasteiger partial charge in [-0.25, -0.2) is 9.18 Å². The lowest BCUT2D eigenvalue weighted by molar-refractivity contribution is -0.141. The lowest BCUT2D eigenvalue weighted by atomic mass is 10.2. The summed E-state index contributed by atoms with van der Waals surface area (Å²) in [6.45, 7) is 2.91. The Kier molecular flexibility index (Phi) is 5.41. The Balaban J connectivity index is 1.87. The van der Waals surface area contributed by atoms with Gasteiger partial charge >= 0.3 is 12.0 Å². The van der Waals surface area contributed by atoms with E-state index in [2.05, 4.69) is 5.32 Å². The molecule has 0 bridgehead atoms. The van der Waals surface area contributed by atoms with E-state index in [1.807, 2.05) is 4.90 Å². The van der Waals surface area contributed by atoms with E-state index in [0.29, 0.717) is 18.8 Å². The number of anilines is 1. The van der Waals surface area contributed by atoms with Gasteiger partial charge in [-0.3, -0.25) is 4.79 Å². The van der Waals surface area contributed by atoms with Gasteiger partial charge in [0.1, 0.15) is 5.82 Å². The van der Waals surface area contributed by atoms with E-state index in [1.54, 1.807) is 32.2 Å². The average Bonchev–Trinajstić information content (AvgIpc) is 2.95. The second-order valence-electron chi connectivity index (χ2n) is 5.95. The van der Waals surface area contributed by atoms with Crippen molar-refractivity contribution in [3.8, 4) is 0 Å². The van der Waals surface area contributed by atoms with E-state index in [-0.39, 0.29) is 24.4 Å². The summed E-state index contributed by atoms with van der Waals surface area (Å²) >= 11 is 0. The second kappa shape index (κ2) is 7.30. The summed E-state index contributed by atoms with van der Waals surface area (Å²) in [6, 6.07) is 6.18. The van der Waals surface area contributed by atoms with E-state index in [1.165, 1.54) is 11.0 Å². The van der Waals surface area contributed by atoms with Gasteiger partial charge in [-0.2, -0.15) is 0 Å². The van der Waals surface area contributed by atoms with Crippen LogP contribution in [0.15, 0.2) is 24.3 Å². The molecule has 2 atom stereocenters. The van der Waals surface area contributed by atoms with Crippen LogP contribution in [0, 0.1) is 11.7 Å². The number of hydrogen-bond donors (Lipinski definition) is 2. The lowest BCUT2D eigenvalue weighted by Gasteiger charge is -2.23. The zero-order valence-electron chi connectivity index (χ0n) is 13.3. The minimum atomic E-state index is -0.934. The molecule has 1 aliphatic rings. The van der Waals surface area contributed by atoms with Gasteiger partial charge in [0.2, 0.25) is 0 Å². The van der Waals surface area contributed by atoms with E-state index in [0.717, 1.165) is 6.42 Å². The number of carbonyl (C=O) groups is 2. The van der Waals surface area contributed by atoms with Crippen molar-refractivity contribution in [1.82, 2.24) is 10.2 Å². The number of carbonyl (C=O) groups excluding carboxylic acids is 1. The van der Waals surface area contributed by atoms with Crippen LogP contribution in [-0.4, -0.2) is 54.7 Å². The molecule has 2 rings (SSSR count). The highest BCUT2D eigenvalue weighted by Gasteiger charge is 2.27. The molecule has 1 aromatic carbocycles. The van der Waals surface area contributed by atoms with Gasteiger partial charge in [-0.15, -0.1) is 0 Å². The van der Waals surface area contributed by atoms with Crippen molar-refractivity contribution >= 4 is 17.7 Å². The number of nitrogens with one attached hydrogen (secondary N) is 1. The predicted octanol–water partition coefficient (Wildman–Crippen LogP) is 1.77.